The number of carbonyl (C=O) groups is 1. The number of hydrogen-bond donors (Lipinski definition) is 0. The zero-order chi connectivity index (χ0) is 39.9. The first-order chi connectivity index (χ1) is 26.1. The highest BCUT2D eigenvalue weighted by Gasteiger charge is 2.20. The molecule has 0 amide bonds. The van der Waals surface area contributed by atoms with Gasteiger partial charge >= 0.3 is 5.97 Å². The number of phosphoric acid groups is 1. The summed E-state index contributed by atoms with van der Waals surface area (Å²) in [7, 11) is 1.34. The predicted octanol–water partition coefficient (Wildman–Crippen LogP) is 13.2. The third kappa shape index (κ3) is 42.2. The molecular weight excluding hydrogens is 697 g/mol. The highest BCUT2D eigenvalue weighted by molar-refractivity contribution is 7.45. The fourth-order valence-electron chi connectivity index (χ4n) is 6.57. The van der Waals surface area contributed by atoms with Crippen LogP contribution in [0.1, 0.15) is 219 Å². The number of unbranched alkanes of at least 4 members (excludes halogenated alkanes) is 29. The number of carbonyl (C=O) groups excluding carboxylic acids is 1. The van der Waals surface area contributed by atoms with Gasteiger partial charge in [-0.1, -0.05) is 194 Å². The highest BCUT2D eigenvalue weighted by atomic mass is 31.2. The first-order valence-corrected chi connectivity index (χ1v) is 24.4. The van der Waals surface area contributed by atoms with Gasteiger partial charge in [-0.15, -0.1) is 0 Å². The monoisotopic (exact) mass is 788 g/mol. The number of likely N-dealkylation sites (N-methyl/N-ethyl adjacent to an activating group) is 1. The van der Waals surface area contributed by atoms with E-state index in [-0.39, 0.29) is 25.8 Å². The summed E-state index contributed by atoms with van der Waals surface area (Å²) in [5.41, 5.74) is 0. The normalized spacial score (nSPS) is 13.7. The maximum atomic E-state index is 12.7. The number of hydrogen-bond acceptors (Lipinski definition) is 7. The molecule has 0 radical (unpaired) electrons. The second-order valence-electron chi connectivity index (χ2n) is 16.8. The highest BCUT2D eigenvalue weighted by Crippen LogP contribution is 2.38. The smallest absolute Gasteiger partial charge is 0.306 e. The van der Waals surface area contributed by atoms with Gasteiger partial charge in [0.05, 0.1) is 34.0 Å². The van der Waals surface area contributed by atoms with Crippen molar-refractivity contribution >= 4 is 13.8 Å². The van der Waals surface area contributed by atoms with Crippen molar-refractivity contribution < 1.29 is 37.3 Å². The summed E-state index contributed by atoms with van der Waals surface area (Å²) in [6.07, 6.45) is 43.2. The Morgan fingerprint density at radius 1 is 0.574 bits per heavy atom. The standard InChI is InChI=1S/C45H90NO7P/c1-6-8-10-12-14-16-18-20-22-23-24-25-27-29-31-33-35-37-40-50-42-44(43-52-54(48,49)51-41-39-46(3,4)5)53-45(47)38-36-34-32-30-28-26-21-19-17-15-13-11-9-7-2/h37,40,44H,6-36,38-39,41-43H2,1-5H3/b40-37-/t44-/m1/s1. The van der Waals surface area contributed by atoms with Crippen LogP contribution in [0.25, 0.3) is 0 Å². The molecule has 322 valence electrons. The van der Waals surface area contributed by atoms with E-state index in [0.29, 0.717) is 17.4 Å². The van der Waals surface area contributed by atoms with E-state index in [2.05, 4.69) is 13.8 Å². The minimum absolute atomic E-state index is 0.0203. The molecule has 0 saturated heterocycles. The van der Waals surface area contributed by atoms with Crippen molar-refractivity contribution in [1.82, 2.24) is 0 Å². The minimum atomic E-state index is -4.53. The van der Waals surface area contributed by atoms with Crippen LogP contribution in [0, 0.1) is 0 Å². The minimum Gasteiger partial charge on any atom is -0.756 e. The molecule has 0 rings (SSSR count). The Bertz CT molecular complexity index is 879. The topological polar surface area (TPSA) is 94.1 Å². The lowest BCUT2D eigenvalue weighted by Crippen LogP contribution is -2.37. The molecule has 0 bridgehead atoms. The molecule has 0 aromatic rings. The van der Waals surface area contributed by atoms with E-state index in [1.54, 1.807) is 6.26 Å². The van der Waals surface area contributed by atoms with Crippen LogP contribution in [-0.2, 0) is 27.9 Å². The van der Waals surface area contributed by atoms with E-state index in [0.717, 1.165) is 32.1 Å². The number of ether oxygens (including phenoxy) is 2. The summed E-state index contributed by atoms with van der Waals surface area (Å²) in [4.78, 5) is 25.0. The summed E-state index contributed by atoms with van der Waals surface area (Å²) in [6, 6.07) is 0. The number of rotatable bonds is 43. The van der Waals surface area contributed by atoms with Crippen molar-refractivity contribution in [3.05, 3.63) is 12.3 Å². The Labute approximate surface area is 335 Å². The molecule has 0 fully saturated rings. The first kappa shape index (κ1) is 53.1. The Kier molecular flexibility index (Phi) is 38.3. The number of esters is 1. The van der Waals surface area contributed by atoms with Crippen LogP contribution in [0.3, 0.4) is 0 Å². The molecule has 0 aliphatic carbocycles. The van der Waals surface area contributed by atoms with Gasteiger partial charge in [-0.25, -0.2) is 0 Å². The van der Waals surface area contributed by atoms with Gasteiger partial charge in [0, 0.05) is 6.42 Å². The van der Waals surface area contributed by atoms with Gasteiger partial charge in [0.25, 0.3) is 7.82 Å². The predicted molar refractivity (Wildman–Crippen MR) is 226 cm³/mol. The van der Waals surface area contributed by atoms with E-state index in [1.807, 2.05) is 27.2 Å². The fourth-order valence-corrected chi connectivity index (χ4v) is 7.30. The second kappa shape index (κ2) is 38.9. The van der Waals surface area contributed by atoms with Gasteiger partial charge in [0.2, 0.25) is 0 Å². The van der Waals surface area contributed by atoms with Gasteiger partial charge in [-0.05, 0) is 25.3 Å². The van der Waals surface area contributed by atoms with E-state index < -0.39 is 13.9 Å². The molecule has 0 aromatic heterocycles. The SMILES string of the molecule is CCCCCCCCCCCCCCCCCC/C=C\OC[C@H](COP(=O)([O-])OCC[N+](C)(C)C)OC(=O)CCCCCCCCCCCCCCCC. The molecule has 0 heterocycles. The molecule has 2 atom stereocenters. The molecular formula is C45H90NO7P. The van der Waals surface area contributed by atoms with Crippen molar-refractivity contribution in [2.45, 2.75) is 225 Å². The molecule has 0 aromatic carbocycles. The van der Waals surface area contributed by atoms with E-state index in [1.165, 1.54) is 167 Å². The average Bonchev–Trinajstić information content (AvgIpc) is 3.12. The van der Waals surface area contributed by atoms with Crippen LogP contribution in [0.4, 0.5) is 0 Å². The molecule has 0 saturated carbocycles. The lowest BCUT2D eigenvalue weighted by atomic mass is 10.0. The Morgan fingerprint density at radius 2 is 0.963 bits per heavy atom. The molecule has 0 N–H and O–H groups in total. The first-order valence-electron chi connectivity index (χ1n) is 23.0. The maximum Gasteiger partial charge on any atom is 0.306 e. The molecule has 0 spiro atoms. The van der Waals surface area contributed by atoms with Crippen LogP contribution >= 0.6 is 7.82 Å². The van der Waals surface area contributed by atoms with Crippen LogP contribution < -0.4 is 4.89 Å². The summed E-state index contributed by atoms with van der Waals surface area (Å²) < 4.78 is 34.4. The zero-order valence-corrected chi connectivity index (χ0v) is 37.3. The van der Waals surface area contributed by atoms with Crippen molar-refractivity contribution in [2.24, 2.45) is 0 Å². The lowest BCUT2D eigenvalue weighted by molar-refractivity contribution is -0.870. The molecule has 9 heteroatoms. The quantitative estimate of drug-likeness (QED) is 0.0200. The van der Waals surface area contributed by atoms with Crippen LogP contribution in [0.5, 0.6) is 0 Å². The summed E-state index contributed by atoms with van der Waals surface area (Å²) in [5.74, 6) is -0.352. The van der Waals surface area contributed by atoms with Crippen molar-refractivity contribution in [3.63, 3.8) is 0 Å². The summed E-state index contributed by atoms with van der Waals surface area (Å²) in [6.45, 7) is 4.77. The van der Waals surface area contributed by atoms with E-state index in [4.69, 9.17) is 18.5 Å². The largest absolute Gasteiger partial charge is 0.756 e. The van der Waals surface area contributed by atoms with Crippen molar-refractivity contribution in [1.29, 1.82) is 0 Å². The Hall–Kier alpha value is -0.920. The maximum absolute atomic E-state index is 12.7. The molecule has 54 heavy (non-hydrogen) atoms. The van der Waals surface area contributed by atoms with Gasteiger partial charge < -0.3 is 27.9 Å². The zero-order valence-electron chi connectivity index (χ0n) is 36.4. The van der Waals surface area contributed by atoms with E-state index in [9.17, 15) is 14.3 Å². The van der Waals surface area contributed by atoms with Crippen LogP contribution in [-0.4, -0.2) is 64.1 Å². The van der Waals surface area contributed by atoms with Crippen LogP contribution in [0.2, 0.25) is 0 Å². The molecule has 1 unspecified atom stereocenters. The number of nitrogens with zero attached hydrogens (tertiary/aromatic N) is 1. The number of phosphoric ester groups is 1. The van der Waals surface area contributed by atoms with E-state index >= 15 is 0 Å². The van der Waals surface area contributed by atoms with Gasteiger partial charge in [0.15, 0.2) is 6.10 Å². The fraction of sp³-hybridized carbons (Fsp3) is 0.933. The van der Waals surface area contributed by atoms with Gasteiger partial charge in [-0.3, -0.25) is 9.36 Å². The van der Waals surface area contributed by atoms with Crippen molar-refractivity contribution in [3.8, 4) is 0 Å². The summed E-state index contributed by atoms with van der Waals surface area (Å²) in [5, 5.41) is 0. The van der Waals surface area contributed by atoms with Crippen molar-refractivity contribution in [2.75, 3.05) is 47.5 Å². The Balaban J connectivity index is 4.21. The number of allylic oxidation sites excluding steroid dienone is 1. The lowest BCUT2D eigenvalue weighted by Gasteiger charge is -2.28. The Morgan fingerprint density at radius 3 is 1.37 bits per heavy atom. The third-order valence-electron chi connectivity index (χ3n) is 10.2. The van der Waals surface area contributed by atoms with Crippen LogP contribution in [0.15, 0.2) is 12.3 Å². The average molecular weight is 788 g/mol. The third-order valence-corrected chi connectivity index (χ3v) is 11.1. The number of quaternary nitrogens is 1. The summed E-state index contributed by atoms with van der Waals surface area (Å²) >= 11 is 0. The second-order valence-corrected chi connectivity index (χ2v) is 18.3. The van der Waals surface area contributed by atoms with Gasteiger partial charge in [0.1, 0.15) is 19.8 Å². The molecule has 0 aliphatic heterocycles. The van der Waals surface area contributed by atoms with Gasteiger partial charge in [-0.2, -0.15) is 0 Å². The molecule has 8 nitrogen and oxygen atoms in total. The molecule has 0 aliphatic rings.